The van der Waals surface area contributed by atoms with Crippen LogP contribution in [0.15, 0.2) is 30.9 Å². The molecule has 0 saturated carbocycles. The van der Waals surface area contributed by atoms with Gasteiger partial charge in [0.15, 0.2) is 0 Å². The second-order valence-corrected chi connectivity index (χ2v) is 9.75. The van der Waals surface area contributed by atoms with Crippen LogP contribution in [0.3, 0.4) is 0 Å². The van der Waals surface area contributed by atoms with Crippen molar-refractivity contribution >= 4 is 58.2 Å². The van der Waals surface area contributed by atoms with Crippen LogP contribution in [0.1, 0.15) is 51.7 Å². The summed E-state index contributed by atoms with van der Waals surface area (Å²) in [6, 6.07) is 3.94. The maximum absolute atomic E-state index is 12.9. The average molecular weight is 550 g/mol. The highest BCUT2D eigenvalue weighted by atomic mass is 35.5. The Labute approximate surface area is 227 Å². The molecule has 12 heteroatoms. The zero-order chi connectivity index (χ0) is 27.7. The zero-order valence-corrected chi connectivity index (χ0v) is 23.1. The van der Waals surface area contributed by atoms with Crippen molar-refractivity contribution in [1.29, 1.82) is 5.41 Å². The Morgan fingerprint density at radius 1 is 1.16 bits per heavy atom. The number of hydrogen-bond donors (Lipinski definition) is 4. The topological polar surface area (TPSA) is 132 Å². The molecule has 0 aromatic carbocycles. The molecule has 0 bridgehead atoms. The summed E-state index contributed by atoms with van der Waals surface area (Å²) in [4.78, 5) is 34.0. The van der Waals surface area contributed by atoms with Crippen LogP contribution in [0.4, 0.5) is 22.1 Å². The molecule has 0 atom stereocenters. The SMILES string of the molecule is C=CCNc1nc(N(CC(=O)OCC(C)C)NC(=O)Nc2cc(Cl)nc(Cl)c2)cc(C(C)C)c1C(C)=N. The smallest absolute Gasteiger partial charge is 0.338 e. The monoisotopic (exact) mass is 549 g/mol. The summed E-state index contributed by atoms with van der Waals surface area (Å²) in [7, 11) is 0. The summed E-state index contributed by atoms with van der Waals surface area (Å²) < 4.78 is 5.34. The van der Waals surface area contributed by atoms with Gasteiger partial charge in [0.05, 0.1) is 6.61 Å². The van der Waals surface area contributed by atoms with Crippen LogP contribution in [-0.2, 0) is 9.53 Å². The first kappa shape index (κ1) is 29.9. The van der Waals surface area contributed by atoms with Crippen molar-refractivity contribution < 1.29 is 14.3 Å². The molecule has 0 fully saturated rings. The first-order valence-corrected chi connectivity index (χ1v) is 12.5. The lowest BCUT2D eigenvalue weighted by molar-refractivity contribution is -0.143. The molecule has 0 aliphatic carbocycles. The lowest BCUT2D eigenvalue weighted by Gasteiger charge is -2.27. The molecule has 4 N–H and O–H groups in total. The van der Waals surface area contributed by atoms with Crippen LogP contribution >= 0.6 is 23.2 Å². The van der Waals surface area contributed by atoms with Crippen molar-refractivity contribution in [2.75, 3.05) is 35.3 Å². The predicted octanol–water partition coefficient (Wildman–Crippen LogP) is 5.63. The van der Waals surface area contributed by atoms with Crippen molar-refractivity contribution in [2.45, 2.75) is 40.5 Å². The standard InChI is InChI=1S/C25H33Cl2N7O3/c1-7-8-29-24-23(16(6)28)18(15(4)5)11-21(32-24)34(12-22(35)37-13-14(2)3)33-25(36)30-17-9-19(26)31-20(27)10-17/h7,9-11,14-15,28H,1,8,12-13H2,2-6H3,(H,29,32)(H2,30,31,33,36). The number of pyridine rings is 2. The number of hydrogen-bond acceptors (Lipinski definition) is 8. The number of esters is 1. The van der Waals surface area contributed by atoms with Gasteiger partial charge >= 0.3 is 12.0 Å². The minimum atomic E-state index is -0.671. The van der Waals surface area contributed by atoms with Crippen molar-refractivity contribution in [3.05, 3.63) is 52.3 Å². The van der Waals surface area contributed by atoms with Crippen molar-refractivity contribution in [1.82, 2.24) is 15.4 Å². The lowest BCUT2D eigenvalue weighted by Crippen LogP contribution is -2.48. The maximum atomic E-state index is 12.9. The van der Waals surface area contributed by atoms with E-state index in [2.05, 4.69) is 32.6 Å². The second-order valence-electron chi connectivity index (χ2n) is 8.97. The predicted molar refractivity (Wildman–Crippen MR) is 149 cm³/mol. The van der Waals surface area contributed by atoms with Crippen LogP contribution in [-0.4, -0.2) is 47.4 Å². The van der Waals surface area contributed by atoms with E-state index < -0.39 is 12.0 Å². The number of hydrazine groups is 1. The first-order valence-electron chi connectivity index (χ1n) is 11.7. The second kappa shape index (κ2) is 13.8. The van der Waals surface area contributed by atoms with Crippen LogP contribution in [0.5, 0.6) is 0 Å². The Balaban J connectivity index is 2.48. The fourth-order valence-corrected chi connectivity index (χ4v) is 3.73. The van der Waals surface area contributed by atoms with E-state index in [0.29, 0.717) is 29.3 Å². The molecule has 200 valence electrons. The number of halogens is 2. The molecule has 10 nitrogen and oxygen atoms in total. The van der Waals surface area contributed by atoms with Gasteiger partial charge in [0.1, 0.15) is 28.5 Å². The quantitative estimate of drug-likeness (QED) is 0.0885. The minimum Gasteiger partial charge on any atom is -0.464 e. The molecule has 0 radical (unpaired) electrons. The van der Waals surface area contributed by atoms with Crippen molar-refractivity contribution in [3.8, 4) is 0 Å². The molecule has 37 heavy (non-hydrogen) atoms. The highest BCUT2D eigenvalue weighted by Gasteiger charge is 2.23. The van der Waals surface area contributed by atoms with Gasteiger partial charge in [-0.25, -0.2) is 20.2 Å². The van der Waals surface area contributed by atoms with E-state index in [1.54, 1.807) is 19.1 Å². The summed E-state index contributed by atoms with van der Waals surface area (Å²) in [6.07, 6.45) is 1.67. The van der Waals surface area contributed by atoms with Crippen LogP contribution in [0.25, 0.3) is 0 Å². The Hall–Kier alpha value is -3.37. The zero-order valence-electron chi connectivity index (χ0n) is 21.6. The third-order valence-corrected chi connectivity index (χ3v) is 5.23. The van der Waals surface area contributed by atoms with Crippen LogP contribution in [0.2, 0.25) is 10.3 Å². The van der Waals surface area contributed by atoms with Gasteiger partial charge in [-0.15, -0.1) is 6.58 Å². The number of carbonyl (C=O) groups is 2. The van der Waals surface area contributed by atoms with E-state index in [1.807, 2.05) is 27.7 Å². The molecule has 2 amide bonds. The number of ether oxygens (including phenoxy) is 1. The molecule has 0 unspecified atom stereocenters. The van der Waals surface area contributed by atoms with Crippen LogP contribution < -0.4 is 21.1 Å². The van der Waals surface area contributed by atoms with E-state index in [1.165, 1.54) is 17.1 Å². The van der Waals surface area contributed by atoms with E-state index in [9.17, 15) is 9.59 Å². The van der Waals surface area contributed by atoms with Gasteiger partial charge in [-0.3, -0.25) is 9.80 Å². The van der Waals surface area contributed by atoms with E-state index >= 15 is 0 Å². The molecule has 2 heterocycles. The first-order chi connectivity index (χ1) is 17.4. The highest BCUT2D eigenvalue weighted by Crippen LogP contribution is 2.30. The molecule has 0 saturated heterocycles. The summed E-state index contributed by atoms with van der Waals surface area (Å²) >= 11 is 11.9. The summed E-state index contributed by atoms with van der Waals surface area (Å²) in [6.45, 7) is 13.6. The lowest BCUT2D eigenvalue weighted by atomic mass is 9.95. The third kappa shape index (κ3) is 9.22. The fraction of sp³-hybridized carbons (Fsp3) is 0.400. The fourth-order valence-electron chi connectivity index (χ4n) is 3.27. The van der Waals surface area contributed by atoms with Gasteiger partial charge in [0.2, 0.25) is 0 Å². The summed E-state index contributed by atoms with van der Waals surface area (Å²) in [5.74, 6) is 0.327. The molecule has 0 spiro atoms. The summed E-state index contributed by atoms with van der Waals surface area (Å²) in [5, 5.41) is 15.6. The Kier molecular flexibility index (Phi) is 11.1. The molecule has 2 aromatic heterocycles. The Bertz CT molecular complexity index is 1140. The largest absolute Gasteiger partial charge is 0.464 e. The van der Waals surface area contributed by atoms with Gasteiger partial charge in [-0.05, 0) is 42.5 Å². The van der Waals surface area contributed by atoms with E-state index in [-0.39, 0.29) is 41.1 Å². The van der Waals surface area contributed by atoms with E-state index in [0.717, 1.165) is 5.56 Å². The highest BCUT2D eigenvalue weighted by molar-refractivity contribution is 6.33. The third-order valence-electron chi connectivity index (χ3n) is 4.85. The molecule has 2 aromatic rings. The number of rotatable bonds is 12. The van der Waals surface area contributed by atoms with Crippen LogP contribution in [0, 0.1) is 11.3 Å². The van der Waals surface area contributed by atoms with Gasteiger partial charge < -0.3 is 20.8 Å². The average Bonchev–Trinajstić information content (AvgIpc) is 2.79. The molecular formula is C25H33Cl2N7O3. The van der Waals surface area contributed by atoms with Gasteiger partial charge in [-0.1, -0.05) is 57.0 Å². The number of nitrogens with zero attached hydrogens (tertiary/aromatic N) is 3. The Morgan fingerprint density at radius 2 is 1.81 bits per heavy atom. The van der Waals surface area contributed by atoms with Gasteiger partial charge in [0.25, 0.3) is 0 Å². The number of aromatic nitrogens is 2. The summed E-state index contributed by atoms with van der Waals surface area (Å²) in [5.41, 5.74) is 4.75. The molecule has 2 rings (SSSR count). The molecule has 0 aliphatic heterocycles. The molecule has 0 aliphatic rings. The van der Waals surface area contributed by atoms with E-state index in [4.69, 9.17) is 33.3 Å². The van der Waals surface area contributed by atoms with Gasteiger partial charge in [-0.2, -0.15) is 0 Å². The normalized spacial score (nSPS) is 10.7. The minimum absolute atomic E-state index is 0.0194. The number of anilines is 3. The number of urea groups is 1. The number of nitrogens with one attached hydrogen (secondary N) is 4. The maximum Gasteiger partial charge on any atom is 0.338 e. The Morgan fingerprint density at radius 3 is 2.35 bits per heavy atom. The molecular weight excluding hydrogens is 517 g/mol. The van der Waals surface area contributed by atoms with Gasteiger partial charge in [0, 0.05) is 23.5 Å². The number of amides is 2. The van der Waals surface area contributed by atoms with Crippen molar-refractivity contribution in [2.24, 2.45) is 5.92 Å². The van der Waals surface area contributed by atoms with Crippen molar-refractivity contribution in [3.63, 3.8) is 0 Å². The number of carbonyl (C=O) groups excluding carboxylic acids is 2.